The lowest BCUT2D eigenvalue weighted by Gasteiger charge is -2.33. The second kappa shape index (κ2) is 13.1. The van der Waals surface area contributed by atoms with Gasteiger partial charge >= 0.3 is 0 Å². The van der Waals surface area contributed by atoms with Crippen LogP contribution < -0.4 is 14.4 Å². The van der Waals surface area contributed by atoms with E-state index in [0.717, 1.165) is 15.4 Å². The van der Waals surface area contributed by atoms with Gasteiger partial charge in [0.1, 0.15) is 18.3 Å². The van der Waals surface area contributed by atoms with Crippen LogP contribution in [0.3, 0.4) is 0 Å². The normalized spacial score (nSPS) is 11.9. The van der Waals surface area contributed by atoms with Crippen LogP contribution in [0.2, 0.25) is 0 Å². The van der Waals surface area contributed by atoms with Gasteiger partial charge in [-0.1, -0.05) is 67.1 Å². The highest BCUT2D eigenvalue weighted by atomic mass is 32.2. The minimum atomic E-state index is -4.15. The van der Waals surface area contributed by atoms with Crippen molar-refractivity contribution in [1.29, 1.82) is 0 Å². The maximum absolute atomic E-state index is 14.0. The van der Waals surface area contributed by atoms with Gasteiger partial charge in [0.25, 0.3) is 10.0 Å². The lowest BCUT2D eigenvalue weighted by Crippen LogP contribution is -2.52. The van der Waals surface area contributed by atoms with Crippen molar-refractivity contribution in [3.05, 3.63) is 90.0 Å². The standard InChI is InChI=1S/C29H35N3O5S/c1-5-25(29(34)30-6-2)31(20-23-18-16-22(3)17-19-23)28(33)21-32(26-14-10-11-15-27(26)37-4)38(35,36)24-12-8-7-9-13-24/h7-19,25H,5-6,20-21H2,1-4H3,(H,30,34)/t25-/m0/s1. The first-order valence-electron chi connectivity index (χ1n) is 12.6. The Balaban J connectivity index is 2.08. The number of ether oxygens (including phenoxy) is 1. The van der Waals surface area contributed by atoms with Gasteiger partial charge in [-0.15, -0.1) is 0 Å². The number of para-hydroxylation sites is 2. The van der Waals surface area contributed by atoms with Crippen molar-refractivity contribution in [2.75, 3.05) is 24.5 Å². The molecule has 0 saturated heterocycles. The zero-order chi connectivity index (χ0) is 27.7. The maximum atomic E-state index is 14.0. The Kier molecular flexibility index (Phi) is 9.90. The number of aryl methyl sites for hydroxylation is 1. The van der Waals surface area contributed by atoms with Crippen molar-refractivity contribution < 1.29 is 22.7 Å². The van der Waals surface area contributed by atoms with Gasteiger partial charge in [-0.25, -0.2) is 8.42 Å². The second-order valence-corrected chi connectivity index (χ2v) is 10.7. The lowest BCUT2D eigenvalue weighted by molar-refractivity contribution is -0.140. The van der Waals surface area contributed by atoms with Crippen LogP contribution in [0.5, 0.6) is 5.75 Å². The Labute approximate surface area is 225 Å². The van der Waals surface area contributed by atoms with Crippen molar-refractivity contribution in [3.63, 3.8) is 0 Å². The van der Waals surface area contributed by atoms with Crippen molar-refractivity contribution in [2.24, 2.45) is 0 Å². The number of carbonyl (C=O) groups excluding carboxylic acids is 2. The fourth-order valence-electron chi connectivity index (χ4n) is 4.17. The van der Waals surface area contributed by atoms with Crippen LogP contribution in [0.1, 0.15) is 31.4 Å². The van der Waals surface area contributed by atoms with E-state index in [-0.39, 0.29) is 23.0 Å². The Morgan fingerprint density at radius 1 is 0.921 bits per heavy atom. The van der Waals surface area contributed by atoms with E-state index in [9.17, 15) is 18.0 Å². The molecule has 0 fully saturated rings. The van der Waals surface area contributed by atoms with Crippen LogP contribution in [-0.2, 0) is 26.2 Å². The summed E-state index contributed by atoms with van der Waals surface area (Å²) in [5.41, 5.74) is 2.13. The molecule has 3 aromatic carbocycles. The minimum absolute atomic E-state index is 0.0413. The quantitative estimate of drug-likeness (QED) is 0.375. The molecule has 0 heterocycles. The molecule has 0 saturated carbocycles. The first-order valence-corrected chi connectivity index (χ1v) is 14.0. The van der Waals surface area contributed by atoms with Gasteiger partial charge in [0, 0.05) is 13.1 Å². The summed E-state index contributed by atoms with van der Waals surface area (Å²) in [4.78, 5) is 28.5. The summed E-state index contributed by atoms with van der Waals surface area (Å²) in [6.07, 6.45) is 0.365. The predicted octanol–water partition coefficient (Wildman–Crippen LogP) is 4.14. The summed E-state index contributed by atoms with van der Waals surface area (Å²) < 4.78 is 34.2. The number of hydrogen-bond acceptors (Lipinski definition) is 5. The van der Waals surface area contributed by atoms with E-state index < -0.39 is 28.5 Å². The number of nitrogens with one attached hydrogen (secondary N) is 1. The molecule has 1 atom stereocenters. The number of hydrogen-bond donors (Lipinski definition) is 1. The van der Waals surface area contributed by atoms with E-state index in [1.807, 2.05) is 45.0 Å². The predicted molar refractivity (Wildman–Crippen MR) is 148 cm³/mol. The molecule has 0 radical (unpaired) electrons. The van der Waals surface area contributed by atoms with Crippen molar-refractivity contribution >= 4 is 27.5 Å². The van der Waals surface area contributed by atoms with Gasteiger partial charge in [0.05, 0.1) is 17.7 Å². The molecule has 0 aromatic heterocycles. The van der Waals surface area contributed by atoms with Crippen molar-refractivity contribution in [2.45, 2.75) is 44.7 Å². The summed E-state index contributed by atoms with van der Waals surface area (Å²) in [7, 11) is -2.71. The highest BCUT2D eigenvalue weighted by Gasteiger charge is 2.34. The number of anilines is 1. The number of likely N-dealkylation sites (N-methyl/N-ethyl adjacent to an activating group) is 1. The topological polar surface area (TPSA) is 96.0 Å². The Hall–Kier alpha value is -3.85. The first-order chi connectivity index (χ1) is 18.2. The molecule has 38 heavy (non-hydrogen) atoms. The van der Waals surface area contributed by atoms with Gasteiger partial charge in [0.2, 0.25) is 11.8 Å². The molecule has 1 N–H and O–H groups in total. The summed E-state index contributed by atoms with van der Waals surface area (Å²) in [6.45, 7) is 5.66. The number of rotatable bonds is 12. The van der Waals surface area contributed by atoms with Crippen molar-refractivity contribution in [3.8, 4) is 5.75 Å². The maximum Gasteiger partial charge on any atom is 0.264 e. The van der Waals surface area contributed by atoms with E-state index >= 15 is 0 Å². The van der Waals surface area contributed by atoms with Gasteiger partial charge in [-0.05, 0) is 50.1 Å². The number of carbonyl (C=O) groups is 2. The third kappa shape index (κ3) is 6.72. The van der Waals surface area contributed by atoms with E-state index in [0.29, 0.717) is 18.7 Å². The van der Waals surface area contributed by atoms with E-state index in [1.165, 1.54) is 24.1 Å². The first kappa shape index (κ1) is 28.7. The fourth-order valence-corrected chi connectivity index (χ4v) is 5.62. The molecule has 0 aliphatic rings. The highest BCUT2D eigenvalue weighted by Crippen LogP contribution is 2.32. The molecule has 0 aliphatic heterocycles. The lowest BCUT2D eigenvalue weighted by atomic mass is 10.1. The third-order valence-corrected chi connectivity index (χ3v) is 7.95. The van der Waals surface area contributed by atoms with Gasteiger partial charge in [0.15, 0.2) is 0 Å². The molecule has 8 nitrogen and oxygen atoms in total. The molecule has 0 spiro atoms. The van der Waals surface area contributed by atoms with Crippen LogP contribution >= 0.6 is 0 Å². The smallest absolute Gasteiger partial charge is 0.264 e. The van der Waals surface area contributed by atoms with Gasteiger partial charge in [-0.3, -0.25) is 13.9 Å². The summed E-state index contributed by atoms with van der Waals surface area (Å²) in [6, 6.07) is 21.5. The molecule has 3 rings (SSSR count). The molecular formula is C29H35N3O5S. The van der Waals surface area contributed by atoms with Crippen LogP contribution in [0.25, 0.3) is 0 Å². The molecule has 0 bridgehead atoms. The van der Waals surface area contributed by atoms with Crippen LogP contribution in [0.4, 0.5) is 5.69 Å². The molecular weight excluding hydrogens is 502 g/mol. The van der Waals surface area contributed by atoms with Gasteiger partial charge < -0.3 is 15.0 Å². The number of methoxy groups -OCH3 is 1. The van der Waals surface area contributed by atoms with Crippen LogP contribution in [0, 0.1) is 6.92 Å². The summed E-state index contributed by atoms with van der Waals surface area (Å²) >= 11 is 0. The highest BCUT2D eigenvalue weighted by molar-refractivity contribution is 7.92. The number of sulfonamides is 1. The fraction of sp³-hybridized carbons (Fsp3) is 0.310. The molecule has 0 unspecified atom stereocenters. The number of benzene rings is 3. The zero-order valence-corrected chi connectivity index (χ0v) is 23.1. The van der Waals surface area contributed by atoms with E-state index in [4.69, 9.17) is 4.74 Å². The molecule has 9 heteroatoms. The molecule has 2 amide bonds. The monoisotopic (exact) mass is 537 g/mol. The molecule has 3 aromatic rings. The van der Waals surface area contributed by atoms with E-state index in [2.05, 4.69) is 5.32 Å². The Bertz CT molecular complexity index is 1330. The third-order valence-electron chi connectivity index (χ3n) is 6.17. The molecule has 202 valence electrons. The Morgan fingerprint density at radius 3 is 2.16 bits per heavy atom. The molecule has 0 aliphatic carbocycles. The number of amides is 2. The largest absolute Gasteiger partial charge is 0.495 e. The van der Waals surface area contributed by atoms with Crippen molar-refractivity contribution in [1.82, 2.24) is 10.2 Å². The van der Waals surface area contributed by atoms with E-state index in [1.54, 1.807) is 42.5 Å². The minimum Gasteiger partial charge on any atom is -0.495 e. The van der Waals surface area contributed by atoms with Crippen LogP contribution in [-0.4, -0.2) is 51.4 Å². The SMILES string of the molecule is CCNC(=O)[C@H](CC)N(Cc1ccc(C)cc1)C(=O)CN(c1ccccc1OC)S(=O)(=O)c1ccccc1. The zero-order valence-electron chi connectivity index (χ0n) is 22.3. The summed E-state index contributed by atoms with van der Waals surface area (Å²) in [5, 5.41) is 2.80. The second-order valence-electron chi connectivity index (χ2n) is 8.82. The van der Waals surface area contributed by atoms with Gasteiger partial charge in [-0.2, -0.15) is 0 Å². The Morgan fingerprint density at radius 2 is 1.55 bits per heavy atom. The number of nitrogens with zero attached hydrogens (tertiary/aromatic N) is 2. The van der Waals surface area contributed by atoms with Crippen LogP contribution in [0.15, 0.2) is 83.8 Å². The average molecular weight is 538 g/mol. The average Bonchev–Trinajstić information content (AvgIpc) is 2.93. The summed E-state index contributed by atoms with van der Waals surface area (Å²) in [5.74, 6) is -0.486.